The summed E-state index contributed by atoms with van der Waals surface area (Å²) in [6.45, 7) is 2.26. The maximum atomic E-state index is 11.0. The average molecular weight is 244 g/mol. The highest BCUT2D eigenvalue weighted by atomic mass is 32.1. The van der Waals surface area contributed by atoms with Crippen LogP contribution in [0.15, 0.2) is 0 Å². The zero-order chi connectivity index (χ0) is 12.1. The lowest BCUT2D eigenvalue weighted by molar-refractivity contribution is -0.116. The Hall–Kier alpha value is 0.0200. The van der Waals surface area contributed by atoms with E-state index < -0.39 is 0 Å². The van der Waals surface area contributed by atoms with Gasteiger partial charge in [0.1, 0.15) is 5.78 Å². The zero-order valence-corrected chi connectivity index (χ0v) is 11.7. The van der Waals surface area contributed by atoms with Gasteiger partial charge in [-0.05, 0) is 6.42 Å². The highest BCUT2D eigenvalue weighted by Crippen LogP contribution is 2.11. The van der Waals surface area contributed by atoms with Gasteiger partial charge in [0.2, 0.25) is 0 Å². The van der Waals surface area contributed by atoms with Crippen molar-refractivity contribution in [1.82, 2.24) is 0 Å². The molecule has 0 saturated heterocycles. The second-order valence-electron chi connectivity index (χ2n) is 4.63. The van der Waals surface area contributed by atoms with Crippen molar-refractivity contribution in [3.05, 3.63) is 0 Å². The second-order valence-corrected chi connectivity index (χ2v) is 4.94. The Morgan fingerprint density at radius 3 is 1.69 bits per heavy atom. The molecule has 0 radical (unpaired) electrons. The molecule has 0 atom stereocenters. The van der Waals surface area contributed by atoms with Crippen LogP contribution in [-0.2, 0) is 4.79 Å². The Bertz CT molecular complexity index is 157. The van der Waals surface area contributed by atoms with E-state index in [0.29, 0.717) is 11.5 Å². The third-order valence-corrected chi connectivity index (χ3v) is 3.34. The molecule has 0 unspecified atom stereocenters. The number of rotatable bonds is 12. The molecule has 2 heteroatoms. The van der Waals surface area contributed by atoms with E-state index in [4.69, 9.17) is 0 Å². The Morgan fingerprint density at radius 1 is 0.812 bits per heavy atom. The van der Waals surface area contributed by atoms with Crippen LogP contribution in [0, 0.1) is 0 Å². The van der Waals surface area contributed by atoms with E-state index in [1.165, 1.54) is 57.8 Å². The lowest BCUT2D eigenvalue weighted by Gasteiger charge is -2.01. The van der Waals surface area contributed by atoms with Gasteiger partial charge < -0.3 is 0 Å². The number of thiol groups is 1. The first-order chi connectivity index (χ1) is 7.81. The van der Waals surface area contributed by atoms with Crippen LogP contribution in [0.1, 0.15) is 77.6 Å². The predicted octanol–water partition coefficient (Wildman–Crippen LogP) is 4.80. The summed E-state index contributed by atoms with van der Waals surface area (Å²) in [5, 5.41) is 0. The van der Waals surface area contributed by atoms with Crippen molar-refractivity contribution in [2.75, 3.05) is 5.75 Å². The molecule has 0 heterocycles. The molecule has 0 aromatic carbocycles. The van der Waals surface area contributed by atoms with Gasteiger partial charge in [-0.3, -0.25) is 4.79 Å². The zero-order valence-electron chi connectivity index (χ0n) is 10.8. The fraction of sp³-hybridized carbons (Fsp3) is 0.929. The molecular weight excluding hydrogens is 216 g/mol. The summed E-state index contributed by atoms with van der Waals surface area (Å²) in [6, 6.07) is 0. The van der Waals surface area contributed by atoms with Gasteiger partial charge in [-0.2, -0.15) is 12.6 Å². The fourth-order valence-corrected chi connectivity index (χ4v) is 2.05. The summed E-state index contributed by atoms with van der Waals surface area (Å²) in [5.74, 6) is 0.708. The lowest BCUT2D eigenvalue weighted by Crippen LogP contribution is -1.98. The summed E-state index contributed by atoms with van der Waals surface area (Å²) in [5.41, 5.74) is 0. The summed E-state index contributed by atoms with van der Waals surface area (Å²) in [6.07, 6.45) is 14.0. The Labute approximate surface area is 107 Å². The van der Waals surface area contributed by atoms with E-state index in [1.807, 2.05) is 0 Å². The lowest BCUT2D eigenvalue weighted by atomic mass is 10.1. The molecule has 0 bridgehead atoms. The molecule has 0 fully saturated rings. The van der Waals surface area contributed by atoms with Crippen LogP contribution in [-0.4, -0.2) is 11.5 Å². The predicted molar refractivity (Wildman–Crippen MR) is 75.3 cm³/mol. The van der Waals surface area contributed by atoms with Crippen LogP contribution < -0.4 is 0 Å². The summed E-state index contributed by atoms with van der Waals surface area (Å²) < 4.78 is 0. The smallest absolute Gasteiger partial charge is 0.142 e. The van der Waals surface area contributed by atoms with Gasteiger partial charge in [-0.15, -0.1) is 0 Å². The van der Waals surface area contributed by atoms with E-state index in [-0.39, 0.29) is 0 Å². The maximum Gasteiger partial charge on any atom is 0.142 e. The molecule has 1 nitrogen and oxygen atoms in total. The molecule has 0 rings (SSSR count). The van der Waals surface area contributed by atoms with Crippen LogP contribution in [0.4, 0.5) is 0 Å². The van der Waals surface area contributed by atoms with Gasteiger partial charge in [0.25, 0.3) is 0 Å². The number of carbonyl (C=O) groups excluding carboxylic acids is 1. The van der Waals surface area contributed by atoms with Crippen LogP contribution in [0.3, 0.4) is 0 Å². The minimum Gasteiger partial charge on any atom is -0.299 e. The first kappa shape index (κ1) is 16.0. The van der Waals surface area contributed by atoms with Gasteiger partial charge >= 0.3 is 0 Å². The van der Waals surface area contributed by atoms with Gasteiger partial charge in [0.15, 0.2) is 0 Å². The van der Waals surface area contributed by atoms with Crippen molar-refractivity contribution >= 4 is 18.4 Å². The molecule has 0 aromatic rings. The van der Waals surface area contributed by atoms with Gasteiger partial charge in [0, 0.05) is 12.2 Å². The third-order valence-electron chi connectivity index (χ3n) is 2.99. The molecule has 0 aliphatic carbocycles. The molecule has 0 spiro atoms. The van der Waals surface area contributed by atoms with Crippen molar-refractivity contribution in [3.8, 4) is 0 Å². The van der Waals surface area contributed by atoms with Crippen LogP contribution in [0.25, 0.3) is 0 Å². The Morgan fingerprint density at radius 2 is 1.25 bits per heavy atom. The standard InChI is InChI=1S/C14H28OS/c1-2-3-4-5-6-7-8-9-10-11-12-14(15)13-16/h16H,2-13H2,1H3. The molecule has 0 saturated carbocycles. The second kappa shape index (κ2) is 13.1. The number of ketones is 1. The van der Waals surface area contributed by atoms with Crippen molar-refractivity contribution < 1.29 is 4.79 Å². The van der Waals surface area contributed by atoms with E-state index >= 15 is 0 Å². The molecular formula is C14H28OS. The summed E-state index contributed by atoms with van der Waals surface area (Å²) >= 11 is 3.97. The molecule has 0 aromatic heterocycles. The molecule has 0 N–H and O–H groups in total. The van der Waals surface area contributed by atoms with Crippen molar-refractivity contribution in [2.24, 2.45) is 0 Å². The topological polar surface area (TPSA) is 17.1 Å². The minimum atomic E-state index is 0.294. The average Bonchev–Trinajstić information content (AvgIpc) is 2.31. The quantitative estimate of drug-likeness (QED) is 0.385. The third kappa shape index (κ3) is 12.1. The molecule has 0 aliphatic rings. The Kier molecular flexibility index (Phi) is 13.1. The van der Waals surface area contributed by atoms with Gasteiger partial charge in [-0.1, -0.05) is 64.7 Å². The van der Waals surface area contributed by atoms with Gasteiger partial charge in [0.05, 0.1) is 0 Å². The molecule has 0 aliphatic heterocycles. The highest BCUT2D eigenvalue weighted by Gasteiger charge is 1.98. The molecule has 96 valence electrons. The number of unbranched alkanes of at least 4 members (excludes halogenated alkanes) is 9. The van der Waals surface area contributed by atoms with Crippen LogP contribution >= 0.6 is 12.6 Å². The minimum absolute atomic E-state index is 0.294. The number of carbonyl (C=O) groups is 1. The monoisotopic (exact) mass is 244 g/mol. The summed E-state index contributed by atoms with van der Waals surface area (Å²) in [7, 11) is 0. The van der Waals surface area contributed by atoms with E-state index in [1.54, 1.807) is 0 Å². The number of hydrogen-bond acceptors (Lipinski definition) is 2. The Balaban J connectivity index is 2.96. The van der Waals surface area contributed by atoms with E-state index in [2.05, 4.69) is 19.6 Å². The number of Topliss-reactive ketones (excluding diaryl/α,β-unsaturated/α-hetero) is 1. The fourth-order valence-electron chi connectivity index (χ4n) is 1.89. The van der Waals surface area contributed by atoms with Crippen LogP contribution in [0.2, 0.25) is 0 Å². The maximum absolute atomic E-state index is 11.0. The first-order valence-corrected chi connectivity index (χ1v) is 7.57. The van der Waals surface area contributed by atoms with Gasteiger partial charge in [-0.25, -0.2) is 0 Å². The highest BCUT2D eigenvalue weighted by molar-refractivity contribution is 7.81. The van der Waals surface area contributed by atoms with Crippen molar-refractivity contribution in [1.29, 1.82) is 0 Å². The SMILES string of the molecule is CCCCCCCCCCCCC(=O)CS. The van der Waals surface area contributed by atoms with Crippen LogP contribution in [0.5, 0.6) is 0 Å². The normalized spacial score (nSPS) is 10.6. The largest absolute Gasteiger partial charge is 0.299 e. The van der Waals surface area contributed by atoms with E-state index in [9.17, 15) is 4.79 Å². The van der Waals surface area contributed by atoms with Crippen molar-refractivity contribution in [2.45, 2.75) is 77.6 Å². The van der Waals surface area contributed by atoms with Crippen molar-refractivity contribution in [3.63, 3.8) is 0 Å². The molecule has 0 amide bonds. The summed E-state index contributed by atoms with van der Waals surface area (Å²) in [4.78, 5) is 11.0. The molecule has 16 heavy (non-hydrogen) atoms. The van der Waals surface area contributed by atoms with E-state index in [0.717, 1.165) is 12.8 Å². The first-order valence-electron chi connectivity index (χ1n) is 6.93. The number of hydrogen-bond donors (Lipinski definition) is 1.